The maximum Gasteiger partial charge on any atom is 0.312 e. The summed E-state index contributed by atoms with van der Waals surface area (Å²) in [5, 5.41) is 4.33. The van der Waals surface area contributed by atoms with Gasteiger partial charge in [0.25, 0.3) is 0 Å². The molecule has 1 aliphatic rings. The lowest BCUT2D eigenvalue weighted by Crippen LogP contribution is -2.09. The van der Waals surface area contributed by atoms with Crippen LogP contribution in [-0.2, 0) is 11.8 Å². The predicted octanol–water partition coefficient (Wildman–Crippen LogP) is 2.00. The van der Waals surface area contributed by atoms with E-state index in [4.69, 9.17) is 4.74 Å². The van der Waals surface area contributed by atoms with Crippen LogP contribution in [0.3, 0.4) is 0 Å². The molecule has 1 heterocycles. The molecule has 4 heteroatoms. The van der Waals surface area contributed by atoms with Gasteiger partial charge in [0.2, 0.25) is 5.88 Å². The van der Waals surface area contributed by atoms with Crippen LogP contribution in [0.1, 0.15) is 44.2 Å². The van der Waals surface area contributed by atoms with Crippen LogP contribution in [-0.4, -0.2) is 15.7 Å². The topological polar surface area (TPSA) is 44.1 Å². The minimum Gasteiger partial charge on any atom is -0.408 e. The summed E-state index contributed by atoms with van der Waals surface area (Å²) in [5.41, 5.74) is 1.05. The van der Waals surface area contributed by atoms with Gasteiger partial charge >= 0.3 is 5.97 Å². The maximum absolute atomic E-state index is 11.3. The molecule has 0 unspecified atom stereocenters. The molecule has 0 aliphatic heterocycles. The van der Waals surface area contributed by atoms with Crippen molar-refractivity contribution in [2.75, 3.05) is 0 Å². The minimum atomic E-state index is -0.178. The van der Waals surface area contributed by atoms with Gasteiger partial charge in [0.1, 0.15) is 0 Å². The Balaban J connectivity index is 2.03. The molecule has 0 radical (unpaired) electrons. The molecule has 0 amide bonds. The summed E-state index contributed by atoms with van der Waals surface area (Å²) in [4.78, 5) is 11.3. The van der Waals surface area contributed by atoms with Crippen molar-refractivity contribution in [1.29, 1.82) is 0 Å². The Morgan fingerprint density at radius 1 is 1.67 bits per heavy atom. The van der Waals surface area contributed by atoms with E-state index in [0.717, 1.165) is 12.1 Å². The van der Waals surface area contributed by atoms with Crippen LogP contribution < -0.4 is 4.74 Å². The fourth-order valence-electron chi connectivity index (χ4n) is 1.52. The highest BCUT2D eigenvalue weighted by molar-refractivity contribution is 5.71. The van der Waals surface area contributed by atoms with Gasteiger partial charge in [-0.25, -0.2) is 4.68 Å². The quantitative estimate of drug-likeness (QED) is 0.711. The highest BCUT2D eigenvalue weighted by atomic mass is 16.5. The molecule has 1 fully saturated rings. The van der Waals surface area contributed by atoms with E-state index in [9.17, 15) is 4.79 Å². The molecule has 1 aromatic heterocycles. The average Bonchev–Trinajstić information content (AvgIpc) is 2.94. The number of aryl methyl sites for hydroxylation is 1. The second-order valence-corrected chi connectivity index (χ2v) is 4.03. The van der Waals surface area contributed by atoms with E-state index in [1.807, 2.05) is 13.0 Å². The number of carbonyl (C=O) groups excluding carboxylic acids is 1. The SMILES string of the molecule is CCCC(=O)Oc1cc(C2CC2)nn1C. The third kappa shape index (κ3) is 2.37. The molecule has 1 saturated carbocycles. The number of ether oxygens (including phenoxy) is 1. The van der Waals surface area contributed by atoms with Gasteiger partial charge in [-0.3, -0.25) is 4.79 Å². The summed E-state index contributed by atoms with van der Waals surface area (Å²) in [6, 6.07) is 1.88. The number of aromatic nitrogens is 2. The Labute approximate surface area is 89.2 Å². The van der Waals surface area contributed by atoms with E-state index in [-0.39, 0.29) is 5.97 Å². The van der Waals surface area contributed by atoms with Crippen LogP contribution >= 0.6 is 0 Å². The third-order valence-electron chi connectivity index (χ3n) is 2.52. The third-order valence-corrected chi connectivity index (χ3v) is 2.52. The molecule has 2 rings (SSSR count). The molecule has 1 aromatic rings. The van der Waals surface area contributed by atoms with Gasteiger partial charge in [-0.15, -0.1) is 0 Å². The summed E-state index contributed by atoms with van der Waals surface area (Å²) in [7, 11) is 1.81. The first-order chi connectivity index (χ1) is 7.20. The Morgan fingerprint density at radius 3 is 3.00 bits per heavy atom. The second kappa shape index (κ2) is 4.04. The van der Waals surface area contributed by atoms with Crippen molar-refractivity contribution < 1.29 is 9.53 Å². The standard InChI is InChI=1S/C11H16N2O2/c1-3-4-11(14)15-10-7-9(8-5-6-8)12-13(10)2/h7-8H,3-6H2,1-2H3. The summed E-state index contributed by atoms with van der Waals surface area (Å²) in [5.74, 6) is 0.980. The van der Waals surface area contributed by atoms with Gasteiger partial charge < -0.3 is 4.74 Å². The molecule has 0 N–H and O–H groups in total. The molecule has 0 saturated heterocycles. The van der Waals surface area contributed by atoms with E-state index in [2.05, 4.69) is 5.10 Å². The van der Waals surface area contributed by atoms with Crippen LogP contribution in [0.4, 0.5) is 0 Å². The lowest BCUT2D eigenvalue weighted by molar-refractivity contribution is -0.134. The molecule has 0 bridgehead atoms. The zero-order valence-corrected chi connectivity index (χ0v) is 9.19. The molecular formula is C11H16N2O2. The monoisotopic (exact) mass is 208 g/mol. The molecule has 0 spiro atoms. The maximum atomic E-state index is 11.3. The van der Waals surface area contributed by atoms with Crippen molar-refractivity contribution in [3.05, 3.63) is 11.8 Å². The van der Waals surface area contributed by atoms with Crippen LogP contribution in [0.5, 0.6) is 5.88 Å². The number of hydrogen-bond donors (Lipinski definition) is 0. The Bertz CT molecular complexity index is 367. The molecule has 0 aromatic carbocycles. The van der Waals surface area contributed by atoms with Gasteiger partial charge in [-0.2, -0.15) is 5.10 Å². The fourth-order valence-corrected chi connectivity index (χ4v) is 1.52. The van der Waals surface area contributed by atoms with E-state index in [0.29, 0.717) is 18.2 Å². The zero-order chi connectivity index (χ0) is 10.8. The zero-order valence-electron chi connectivity index (χ0n) is 9.19. The summed E-state index contributed by atoms with van der Waals surface area (Å²) < 4.78 is 6.85. The lowest BCUT2D eigenvalue weighted by Gasteiger charge is -2.01. The van der Waals surface area contributed by atoms with Gasteiger partial charge in [0, 0.05) is 25.5 Å². The Kier molecular flexibility index (Phi) is 2.75. The van der Waals surface area contributed by atoms with E-state index < -0.39 is 0 Å². The smallest absolute Gasteiger partial charge is 0.312 e. The molecule has 0 atom stereocenters. The predicted molar refractivity (Wildman–Crippen MR) is 55.7 cm³/mol. The first-order valence-corrected chi connectivity index (χ1v) is 5.45. The molecule has 4 nitrogen and oxygen atoms in total. The first kappa shape index (κ1) is 10.2. The van der Waals surface area contributed by atoms with Crippen molar-refractivity contribution in [2.45, 2.75) is 38.5 Å². The fraction of sp³-hybridized carbons (Fsp3) is 0.636. The largest absolute Gasteiger partial charge is 0.408 e. The summed E-state index contributed by atoms with van der Waals surface area (Å²) in [6.07, 6.45) is 3.69. The number of esters is 1. The second-order valence-electron chi connectivity index (χ2n) is 4.03. The average molecular weight is 208 g/mol. The Morgan fingerprint density at radius 2 is 2.40 bits per heavy atom. The minimum absolute atomic E-state index is 0.178. The van der Waals surface area contributed by atoms with Crippen molar-refractivity contribution in [3.8, 4) is 5.88 Å². The van der Waals surface area contributed by atoms with E-state index in [1.165, 1.54) is 12.8 Å². The molecular weight excluding hydrogens is 192 g/mol. The normalized spacial score (nSPS) is 15.3. The van der Waals surface area contributed by atoms with E-state index in [1.54, 1.807) is 11.7 Å². The van der Waals surface area contributed by atoms with Crippen molar-refractivity contribution >= 4 is 5.97 Å². The lowest BCUT2D eigenvalue weighted by atomic mass is 10.3. The van der Waals surface area contributed by atoms with Gasteiger partial charge in [-0.1, -0.05) is 6.92 Å². The van der Waals surface area contributed by atoms with Crippen molar-refractivity contribution in [2.24, 2.45) is 7.05 Å². The van der Waals surface area contributed by atoms with Gasteiger partial charge in [0.15, 0.2) is 0 Å². The Hall–Kier alpha value is -1.32. The molecule has 1 aliphatic carbocycles. The number of nitrogens with zero attached hydrogens (tertiary/aromatic N) is 2. The summed E-state index contributed by atoms with van der Waals surface area (Å²) >= 11 is 0. The van der Waals surface area contributed by atoms with Crippen LogP contribution in [0.2, 0.25) is 0 Å². The highest BCUT2D eigenvalue weighted by Crippen LogP contribution is 2.40. The molecule has 15 heavy (non-hydrogen) atoms. The van der Waals surface area contributed by atoms with Crippen LogP contribution in [0.25, 0.3) is 0 Å². The van der Waals surface area contributed by atoms with E-state index >= 15 is 0 Å². The van der Waals surface area contributed by atoms with Crippen LogP contribution in [0.15, 0.2) is 6.07 Å². The van der Waals surface area contributed by atoms with Crippen molar-refractivity contribution in [3.63, 3.8) is 0 Å². The first-order valence-electron chi connectivity index (χ1n) is 5.45. The molecule has 82 valence electrons. The highest BCUT2D eigenvalue weighted by Gasteiger charge is 2.27. The van der Waals surface area contributed by atoms with Crippen molar-refractivity contribution in [1.82, 2.24) is 9.78 Å². The number of carbonyl (C=O) groups is 1. The van der Waals surface area contributed by atoms with Gasteiger partial charge in [-0.05, 0) is 19.3 Å². The number of hydrogen-bond acceptors (Lipinski definition) is 3. The number of rotatable bonds is 4. The van der Waals surface area contributed by atoms with Gasteiger partial charge in [0.05, 0.1) is 5.69 Å². The summed E-state index contributed by atoms with van der Waals surface area (Å²) in [6.45, 7) is 1.96. The van der Waals surface area contributed by atoms with Crippen LogP contribution in [0, 0.1) is 0 Å².